The molecule has 2 amide bonds. The maximum atomic E-state index is 12.8. The average Bonchev–Trinajstić information content (AvgIpc) is 3.58. The van der Waals surface area contributed by atoms with Crippen LogP contribution in [0, 0.1) is 12.8 Å². The molecular formula is C21H27N3O4S. The van der Waals surface area contributed by atoms with Crippen molar-refractivity contribution in [3.05, 3.63) is 35.5 Å². The van der Waals surface area contributed by atoms with Gasteiger partial charge in [-0.25, -0.2) is 0 Å². The van der Waals surface area contributed by atoms with E-state index in [1.807, 2.05) is 17.0 Å². The molecule has 2 heterocycles. The van der Waals surface area contributed by atoms with Crippen molar-refractivity contribution < 1.29 is 18.5 Å². The maximum absolute atomic E-state index is 12.8. The molecule has 0 saturated heterocycles. The summed E-state index contributed by atoms with van der Waals surface area (Å²) in [5.74, 6) is 4.26. The van der Waals surface area contributed by atoms with E-state index in [-0.39, 0.29) is 22.8 Å². The normalized spacial score (nSPS) is 21.6. The second-order valence-electron chi connectivity index (χ2n) is 8.14. The molecule has 1 N–H and O–H groups in total. The average molecular weight is 418 g/mol. The first-order chi connectivity index (χ1) is 13.9. The van der Waals surface area contributed by atoms with Gasteiger partial charge in [0.15, 0.2) is 5.82 Å². The van der Waals surface area contributed by atoms with E-state index in [1.54, 1.807) is 19.9 Å². The van der Waals surface area contributed by atoms with Crippen molar-refractivity contribution in [3.8, 4) is 0 Å². The Morgan fingerprint density at radius 1 is 1.38 bits per heavy atom. The Kier molecular flexibility index (Phi) is 5.72. The summed E-state index contributed by atoms with van der Waals surface area (Å²) in [5, 5.41) is 6.10. The molecule has 3 unspecified atom stereocenters. The molecule has 2 aromatic heterocycles. The van der Waals surface area contributed by atoms with Gasteiger partial charge >= 0.3 is 0 Å². The molecule has 0 aromatic carbocycles. The molecule has 0 spiro atoms. The molecule has 7 nitrogen and oxygen atoms in total. The molecule has 0 aliphatic heterocycles. The first-order valence-corrected chi connectivity index (χ1v) is 11.2. The Labute approximate surface area is 174 Å². The molecule has 2 aromatic rings. The second-order valence-corrected chi connectivity index (χ2v) is 9.47. The molecule has 2 saturated carbocycles. The van der Waals surface area contributed by atoms with Crippen LogP contribution in [0.2, 0.25) is 0 Å². The fraction of sp³-hybridized carbons (Fsp3) is 0.571. The van der Waals surface area contributed by atoms with Gasteiger partial charge in [-0.3, -0.25) is 9.59 Å². The number of amides is 2. The van der Waals surface area contributed by atoms with E-state index in [1.165, 1.54) is 18.2 Å². The largest absolute Gasteiger partial charge is 0.464 e. The molecule has 2 aliphatic carbocycles. The number of nitrogens with zero attached hydrogens (tertiary/aromatic N) is 2. The summed E-state index contributed by atoms with van der Waals surface area (Å²) in [5.41, 5.74) is 0. The SMILES string of the molecule is Cc1cc(NC(=O)C(C)SCC(=O)N(Cc2ccc(C3CC3C)o2)C2CC2)no1. The van der Waals surface area contributed by atoms with Crippen LogP contribution in [-0.2, 0) is 16.1 Å². The van der Waals surface area contributed by atoms with Gasteiger partial charge in [0.25, 0.3) is 0 Å². The van der Waals surface area contributed by atoms with Crippen molar-refractivity contribution in [2.45, 2.75) is 63.8 Å². The summed E-state index contributed by atoms with van der Waals surface area (Å²) >= 11 is 1.33. The zero-order valence-electron chi connectivity index (χ0n) is 17.0. The number of thioether (sulfide) groups is 1. The predicted octanol–water partition coefficient (Wildman–Crippen LogP) is 3.95. The Bertz CT molecular complexity index is 888. The fourth-order valence-corrected chi connectivity index (χ4v) is 4.15. The van der Waals surface area contributed by atoms with Crippen molar-refractivity contribution in [1.82, 2.24) is 10.1 Å². The summed E-state index contributed by atoms with van der Waals surface area (Å²) in [4.78, 5) is 27.0. The number of hydrogen-bond donors (Lipinski definition) is 1. The summed E-state index contributed by atoms with van der Waals surface area (Å²) in [6, 6.07) is 5.99. The van der Waals surface area contributed by atoms with Crippen molar-refractivity contribution >= 4 is 29.4 Å². The highest BCUT2D eigenvalue weighted by Gasteiger charge is 2.37. The summed E-state index contributed by atoms with van der Waals surface area (Å²) in [6.07, 6.45) is 3.25. The highest BCUT2D eigenvalue weighted by Crippen LogP contribution is 2.47. The molecule has 4 rings (SSSR count). The molecule has 29 heavy (non-hydrogen) atoms. The van der Waals surface area contributed by atoms with Crippen molar-refractivity contribution in [2.75, 3.05) is 11.1 Å². The van der Waals surface area contributed by atoms with Gasteiger partial charge in [-0.05, 0) is 51.2 Å². The van der Waals surface area contributed by atoms with Gasteiger partial charge in [0.05, 0.1) is 17.5 Å². The molecule has 156 valence electrons. The van der Waals surface area contributed by atoms with Crippen molar-refractivity contribution in [3.63, 3.8) is 0 Å². The maximum Gasteiger partial charge on any atom is 0.238 e. The third kappa shape index (κ3) is 5.04. The third-order valence-electron chi connectivity index (χ3n) is 5.50. The monoisotopic (exact) mass is 417 g/mol. The molecule has 2 aliphatic rings. The summed E-state index contributed by atoms with van der Waals surface area (Å²) in [7, 11) is 0. The van der Waals surface area contributed by atoms with Crippen molar-refractivity contribution in [1.29, 1.82) is 0 Å². The number of anilines is 1. The van der Waals surface area contributed by atoms with Crippen LogP contribution >= 0.6 is 11.8 Å². The van der Waals surface area contributed by atoms with Gasteiger partial charge in [-0.2, -0.15) is 0 Å². The molecular weight excluding hydrogens is 390 g/mol. The predicted molar refractivity (Wildman–Crippen MR) is 111 cm³/mol. The van der Waals surface area contributed by atoms with E-state index in [0.29, 0.717) is 36.0 Å². The van der Waals surface area contributed by atoms with Gasteiger partial charge in [-0.1, -0.05) is 12.1 Å². The highest BCUT2D eigenvalue weighted by molar-refractivity contribution is 8.01. The van der Waals surface area contributed by atoms with E-state index in [9.17, 15) is 9.59 Å². The zero-order chi connectivity index (χ0) is 20.5. The van der Waals surface area contributed by atoms with Crippen LogP contribution in [0.1, 0.15) is 56.3 Å². The summed E-state index contributed by atoms with van der Waals surface area (Å²) in [6.45, 7) is 6.28. The molecule has 0 bridgehead atoms. The van der Waals surface area contributed by atoms with E-state index in [2.05, 4.69) is 17.4 Å². The Morgan fingerprint density at radius 2 is 2.14 bits per heavy atom. The van der Waals surface area contributed by atoms with Crippen molar-refractivity contribution in [2.24, 2.45) is 5.92 Å². The number of nitrogens with one attached hydrogen (secondary N) is 1. The number of carbonyl (C=O) groups is 2. The Morgan fingerprint density at radius 3 is 2.76 bits per heavy atom. The quantitative estimate of drug-likeness (QED) is 0.665. The first kappa shape index (κ1) is 20.1. The lowest BCUT2D eigenvalue weighted by Crippen LogP contribution is -2.35. The number of carbonyl (C=O) groups excluding carboxylic acids is 2. The van der Waals surface area contributed by atoms with E-state index in [0.717, 1.165) is 24.4 Å². The van der Waals surface area contributed by atoms with Crippen LogP contribution in [-0.4, -0.2) is 38.9 Å². The number of rotatable bonds is 9. The fourth-order valence-electron chi connectivity index (χ4n) is 3.38. The van der Waals surface area contributed by atoms with Crippen LogP contribution in [0.3, 0.4) is 0 Å². The molecule has 8 heteroatoms. The molecule has 3 atom stereocenters. The Hall–Kier alpha value is -2.22. The molecule has 2 fully saturated rings. The second kappa shape index (κ2) is 8.26. The standard InChI is InChI=1S/C21H27N3O4S/c1-12-8-17(12)18-7-6-16(27-18)10-24(15-4-5-15)20(25)11-29-14(3)21(26)22-19-9-13(2)28-23-19/h6-7,9,12,14-15,17H,4-5,8,10-11H2,1-3H3,(H,22,23,26). The van der Waals surface area contributed by atoms with Gasteiger partial charge in [0.2, 0.25) is 11.8 Å². The number of aromatic nitrogens is 1. The Balaban J connectivity index is 1.28. The highest BCUT2D eigenvalue weighted by atomic mass is 32.2. The van der Waals surface area contributed by atoms with Crippen LogP contribution in [0.25, 0.3) is 0 Å². The van der Waals surface area contributed by atoms with Gasteiger partial charge < -0.3 is 19.2 Å². The topological polar surface area (TPSA) is 88.6 Å². The lowest BCUT2D eigenvalue weighted by Gasteiger charge is -2.22. The first-order valence-electron chi connectivity index (χ1n) is 10.1. The van der Waals surface area contributed by atoms with E-state index < -0.39 is 0 Å². The minimum absolute atomic E-state index is 0.0483. The van der Waals surface area contributed by atoms with Gasteiger partial charge in [-0.15, -0.1) is 11.8 Å². The third-order valence-corrected chi connectivity index (χ3v) is 6.62. The lowest BCUT2D eigenvalue weighted by molar-refractivity contribution is -0.129. The van der Waals surface area contributed by atoms with Gasteiger partial charge in [0.1, 0.15) is 17.3 Å². The number of hydrogen-bond acceptors (Lipinski definition) is 6. The smallest absolute Gasteiger partial charge is 0.238 e. The molecule has 0 radical (unpaired) electrons. The van der Waals surface area contributed by atoms with E-state index >= 15 is 0 Å². The summed E-state index contributed by atoms with van der Waals surface area (Å²) < 4.78 is 10.9. The van der Waals surface area contributed by atoms with Crippen LogP contribution < -0.4 is 5.32 Å². The lowest BCUT2D eigenvalue weighted by atomic mass is 10.3. The van der Waals surface area contributed by atoms with E-state index in [4.69, 9.17) is 8.94 Å². The minimum atomic E-state index is -0.372. The number of furan rings is 1. The van der Waals surface area contributed by atoms with Crippen LogP contribution in [0.15, 0.2) is 27.1 Å². The minimum Gasteiger partial charge on any atom is -0.464 e. The van der Waals surface area contributed by atoms with Crippen LogP contribution in [0.5, 0.6) is 0 Å². The van der Waals surface area contributed by atoms with Crippen LogP contribution in [0.4, 0.5) is 5.82 Å². The zero-order valence-corrected chi connectivity index (χ0v) is 17.8. The van der Waals surface area contributed by atoms with Gasteiger partial charge in [0, 0.05) is 18.0 Å². The number of aryl methyl sites for hydroxylation is 1.